The lowest BCUT2D eigenvalue weighted by Crippen LogP contribution is -2.06. The Labute approximate surface area is 94.1 Å². The maximum Gasteiger partial charge on any atom is 0.131 e. The van der Waals surface area contributed by atoms with Gasteiger partial charge in [0.15, 0.2) is 0 Å². The second-order valence-corrected chi connectivity index (χ2v) is 3.74. The van der Waals surface area contributed by atoms with Gasteiger partial charge in [-0.1, -0.05) is 30.3 Å². The zero-order valence-corrected chi connectivity index (χ0v) is 9.07. The van der Waals surface area contributed by atoms with Crippen LogP contribution in [0.25, 0.3) is 16.5 Å². The van der Waals surface area contributed by atoms with Crippen molar-refractivity contribution >= 4 is 16.5 Å². The van der Waals surface area contributed by atoms with E-state index in [1.165, 1.54) is 10.8 Å². The highest BCUT2D eigenvalue weighted by molar-refractivity contribution is 5.95. The normalized spacial score (nSPS) is 13.9. The standard InChI is InChI=1S/C14H12O2/c1-15-12-8-9-16-13-7-6-10-4-2-3-5-11(10)14(12)13/h2-8H,9H2,1H3. The Morgan fingerprint density at radius 2 is 2.00 bits per heavy atom. The van der Waals surface area contributed by atoms with Gasteiger partial charge < -0.3 is 9.47 Å². The van der Waals surface area contributed by atoms with Crippen molar-refractivity contribution < 1.29 is 9.47 Å². The third kappa shape index (κ3) is 1.27. The van der Waals surface area contributed by atoms with Crippen molar-refractivity contribution in [3.63, 3.8) is 0 Å². The molecule has 2 nitrogen and oxygen atoms in total. The van der Waals surface area contributed by atoms with Crippen LogP contribution in [-0.2, 0) is 4.74 Å². The van der Waals surface area contributed by atoms with Gasteiger partial charge in [-0.15, -0.1) is 0 Å². The highest BCUT2D eigenvalue weighted by Gasteiger charge is 2.16. The lowest BCUT2D eigenvalue weighted by molar-refractivity contribution is 0.323. The fourth-order valence-corrected chi connectivity index (χ4v) is 2.12. The number of ether oxygens (including phenoxy) is 2. The van der Waals surface area contributed by atoms with E-state index in [0.717, 1.165) is 17.1 Å². The van der Waals surface area contributed by atoms with E-state index < -0.39 is 0 Å². The third-order valence-electron chi connectivity index (χ3n) is 2.86. The van der Waals surface area contributed by atoms with Crippen molar-refractivity contribution in [1.29, 1.82) is 0 Å². The number of benzene rings is 2. The second kappa shape index (κ2) is 3.56. The van der Waals surface area contributed by atoms with Crippen LogP contribution in [0.4, 0.5) is 0 Å². The van der Waals surface area contributed by atoms with Gasteiger partial charge in [-0.2, -0.15) is 0 Å². The van der Waals surface area contributed by atoms with Gasteiger partial charge in [-0.05, 0) is 22.9 Å². The van der Waals surface area contributed by atoms with Crippen LogP contribution < -0.4 is 4.74 Å². The smallest absolute Gasteiger partial charge is 0.131 e. The van der Waals surface area contributed by atoms with Crippen LogP contribution in [0.5, 0.6) is 5.75 Å². The number of hydrogen-bond acceptors (Lipinski definition) is 2. The van der Waals surface area contributed by atoms with E-state index in [9.17, 15) is 0 Å². The first kappa shape index (κ1) is 9.28. The molecule has 0 atom stereocenters. The minimum absolute atomic E-state index is 0.578. The van der Waals surface area contributed by atoms with Gasteiger partial charge in [-0.25, -0.2) is 0 Å². The van der Waals surface area contributed by atoms with Gasteiger partial charge in [-0.3, -0.25) is 0 Å². The van der Waals surface area contributed by atoms with Gasteiger partial charge in [0.05, 0.1) is 12.7 Å². The SMILES string of the molecule is COC1=CCOc2ccc3ccccc3c21. The summed E-state index contributed by atoms with van der Waals surface area (Å²) >= 11 is 0. The number of rotatable bonds is 1. The van der Waals surface area contributed by atoms with Crippen LogP contribution in [0, 0.1) is 0 Å². The van der Waals surface area contributed by atoms with Crippen molar-refractivity contribution in [3.8, 4) is 5.75 Å². The highest BCUT2D eigenvalue weighted by atomic mass is 16.5. The fourth-order valence-electron chi connectivity index (χ4n) is 2.12. The molecule has 0 radical (unpaired) electrons. The molecule has 2 aromatic rings. The van der Waals surface area contributed by atoms with Crippen molar-refractivity contribution in [2.75, 3.05) is 13.7 Å². The third-order valence-corrected chi connectivity index (χ3v) is 2.86. The lowest BCUT2D eigenvalue weighted by Gasteiger charge is -2.19. The van der Waals surface area contributed by atoms with Gasteiger partial charge in [0.1, 0.15) is 18.1 Å². The molecule has 0 aromatic heterocycles. The number of hydrogen-bond donors (Lipinski definition) is 0. The molecular weight excluding hydrogens is 200 g/mol. The van der Waals surface area contributed by atoms with Crippen molar-refractivity contribution in [2.24, 2.45) is 0 Å². The first-order valence-electron chi connectivity index (χ1n) is 5.29. The fraction of sp³-hybridized carbons (Fsp3) is 0.143. The van der Waals surface area contributed by atoms with Crippen LogP contribution in [0.1, 0.15) is 5.56 Å². The molecule has 0 fully saturated rings. The Bertz CT molecular complexity index is 570. The van der Waals surface area contributed by atoms with Crippen LogP contribution >= 0.6 is 0 Å². The van der Waals surface area contributed by atoms with Gasteiger partial charge in [0, 0.05) is 0 Å². The molecule has 0 saturated heterocycles. The first-order valence-corrected chi connectivity index (χ1v) is 5.29. The molecule has 80 valence electrons. The molecule has 2 aromatic carbocycles. The molecule has 16 heavy (non-hydrogen) atoms. The maximum atomic E-state index is 5.61. The van der Waals surface area contributed by atoms with Crippen LogP contribution in [0.15, 0.2) is 42.5 Å². The highest BCUT2D eigenvalue weighted by Crippen LogP contribution is 2.36. The van der Waals surface area contributed by atoms with E-state index >= 15 is 0 Å². The zero-order chi connectivity index (χ0) is 11.0. The van der Waals surface area contributed by atoms with E-state index in [1.807, 2.05) is 24.3 Å². The van der Waals surface area contributed by atoms with Crippen LogP contribution in [0.2, 0.25) is 0 Å². The summed E-state index contributed by atoms with van der Waals surface area (Å²) in [6.45, 7) is 0.578. The average molecular weight is 212 g/mol. The quantitative estimate of drug-likeness (QED) is 0.722. The monoisotopic (exact) mass is 212 g/mol. The number of methoxy groups -OCH3 is 1. The van der Waals surface area contributed by atoms with Crippen LogP contribution in [-0.4, -0.2) is 13.7 Å². The maximum absolute atomic E-state index is 5.61. The summed E-state index contributed by atoms with van der Waals surface area (Å²) in [4.78, 5) is 0. The summed E-state index contributed by atoms with van der Waals surface area (Å²) in [6.07, 6.45) is 1.97. The zero-order valence-electron chi connectivity index (χ0n) is 9.07. The molecule has 1 heterocycles. The Hall–Kier alpha value is -1.96. The Balaban J connectivity index is 2.37. The summed E-state index contributed by atoms with van der Waals surface area (Å²) in [7, 11) is 1.70. The largest absolute Gasteiger partial charge is 0.496 e. The second-order valence-electron chi connectivity index (χ2n) is 3.74. The van der Waals surface area contributed by atoms with Gasteiger partial charge in [0.2, 0.25) is 0 Å². The summed E-state index contributed by atoms with van der Waals surface area (Å²) in [5.41, 5.74) is 1.06. The van der Waals surface area contributed by atoms with E-state index in [2.05, 4.69) is 18.2 Å². The van der Waals surface area contributed by atoms with Crippen molar-refractivity contribution in [3.05, 3.63) is 48.0 Å². The molecule has 2 heteroatoms. The average Bonchev–Trinajstić information content (AvgIpc) is 2.37. The minimum Gasteiger partial charge on any atom is -0.496 e. The summed E-state index contributed by atoms with van der Waals surface area (Å²) in [6, 6.07) is 12.3. The van der Waals surface area contributed by atoms with Gasteiger partial charge in [0.25, 0.3) is 0 Å². The molecule has 0 N–H and O–H groups in total. The Kier molecular flexibility index (Phi) is 2.07. The molecule has 3 rings (SSSR count). The molecule has 1 aliphatic rings. The summed E-state index contributed by atoms with van der Waals surface area (Å²) in [5.74, 6) is 1.80. The molecule has 1 aliphatic heterocycles. The molecule has 0 unspecified atom stereocenters. The van der Waals surface area contributed by atoms with E-state index in [1.54, 1.807) is 7.11 Å². The van der Waals surface area contributed by atoms with E-state index in [4.69, 9.17) is 9.47 Å². The van der Waals surface area contributed by atoms with Crippen LogP contribution in [0.3, 0.4) is 0 Å². The molecule has 0 spiro atoms. The first-order chi connectivity index (χ1) is 7.90. The minimum atomic E-state index is 0.578. The predicted octanol–water partition coefficient (Wildman–Crippen LogP) is 3.22. The molecule has 0 aliphatic carbocycles. The Morgan fingerprint density at radius 1 is 1.12 bits per heavy atom. The molecular formula is C14H12O2. The topological polar surface area (TPSA) is 18.5 Å². The Morgan fingerprint density at radius 3 is 2.88 bits per heavy atom. The molecule has 0 amide bonds. The summed E-state index contributed by atoms with van der Waals surface area (Å²) < 4.78 is 11.0. The van der Waals surface area contributed by atoms with Crippen molar-refractivity contribution in [2.45, 2.75) is 0 Å². The van der Waals surface area contributed by atoms with Gasteiger partial charge >= 0.3 is 0 Å². The van der Waals surface area contributed by atoms with E-state index in [-0.39, 0.29) is 0 Å². The molecule has 0 saturated carbocycles. The summed E-state index contributed by atoms with van der Waals surface area (Å²) in [5, 5.41) is 2.38. The van der Waals surface area contributed by atoms with E-state index in [0.29, 0.717) is 6.61 Å². The molecule has 0 bridgehead atoms. The van der Waals surface area contributed by atoms with Crippen molar-refractivity contribution in [1.82, 2.24) is 0 Å². The predicted molar refractivity (Wildman–Crippen MR) is 64.4 cm³/mol. The lowest BCUT2D eigenvalue weighted by atomic mass is 10.0. The number of fused-ring (bicyclic) bond motifs is 3.